The molecule has 0 atom stereocenters. The van der Waals surface area contributed by atoms with Crippen LogP contribution in [0.1, 0.15) is 5.56 Å². The lowest BCUT2D eigenvalue weighted by molar-refractivity contribution is -0.131. The third-order valence-corrected chi connectivity index (χ3v) is 2.44. The third-order valence-electron chi connectivity index (χ3n) is 1.59. The van der Waals surface area contributed by atoms with Crippen LogP contribution in [-0.4, -0.2) is 18.2 Å². The Hall–Kier alpha value is -1.04. The highest BCUT2D eigenvalue weighted by Crippen LogP contribution is 2.21. The molecule has 1 aromatic carbocycles. The number of carbonyl (C=O) groups is 1. The molecule has 0 saturated carbocycles. The molecular formula is C10H9IO3. The molecule has 0 aliphatic rings. The maximum absolute atomic E-state index is 10.3. The van der Waals surface area contributed by atoms with Gasteiger partial charge in [0, 0.05) is 6.08 Å². The Morgan fingerprint density at radius 2 is 2.29 bits per heavy atom. The van der Waals surface area contributed by atoms with E-state index < -0.39 is 5.97 Å². The standard InChI is InChI=1S/C10H9IO3/c1-14-9-4-2-7(6-8(9)11)3-5-10(12)13/h2-6H,1H3,(H,12,13). The molecule has 0 aliphatic heterocycles. The average molecular weight is 304 g/mol. The normalized spacial score (nSPS) is 10.4. The first-order valence-electron chi connectivity index (χ1n) is 3.88. The molecule has 14 heavy (non-hydrogen) atoms. The summed E-state index contributed by atoms with van der Waals surface area (Å²) in [6, 6.07) is 5.47. The minimum Gasteiger partial charge on any atom is -0.496 e. The highest BCUT2D eigenvalue weighted by atomic mass is 127. The molecule has 0 radical (unpaired) electrons. The molecule has 4 heteroatoms. The van der Waals surface area contributed by atoms with E-state index in [1.54, 1.807) is 19.3 Å². The lowest BCUT2D eigenvalue weighted by atomic mass is 10.2. The van der Waals surface area contributed by atoms with Crippen molar-refractivity contribution in [3.05, 3.63) is 33.4 Å². The van der Waals surface area contributed by atoms with Gasteiger partial charge in [-0.3, -0.25) is 0 Å². The minimum absolute atomic E-state index is 0.790. The van der Waals surface area contributed by atoms with Gasteiger partial charge in [0.05, 0.1) is 10.7 Å². The molecule has 0 spiro atoms. The van der Waals surface area contributed by atoms with Crippen LogP contribution in [0.25, 0.3) is 6.08 Å². The number of aliphatic carboxylic acids is 1. The highest BCUT2D eigenvalue weighted by molar-refractivity contribution is 14.1. The largest absolute Gasteiger partial charge is 0.496 e. The number of halogens is 1. The highest BCUT2D eigenvalue weighted by Gasteiger charge is 1.99. The van der Waals surface area contributed by atoms with Crippen molar-refractivity contribution in [1.82, 2.24) is 0 Å². The number of carboxylic acids is 1. The molecule has 0 aliphatic carbocycles. The molecule has 0 unspecified atom stereocenters. The first-order chi connectivity index (χ1) is 6.63. The summed E-state index contributed by atoms with van der Waals surface area (Å²) in [6.07, 6.45) is 2.65. The van der Waals surface area contributed by atoms with Crippen molar-refractivity contribution in [3.8, 4) is 5.75 Å². The van der Waals surface area contributed by atoms with Gasteiger partial charge in [-0.15, -0.1) is 0 Å². The molecule has 74 valence electrons. The van der Waals surface area contributed by atoms with Crippen molar-refractivity contribution in [1.29, 1.82) is 0 Å². The van der Waals surface area contributed by atoms with E-state index in [0.717, 1.165) is 21.0 Å². The molecule has 0 bridgehead atoms. The second kappa shape index (κ2) is 4.99. The Bertz CT molecular complexity index is 372. The van der Waals surface area contributed by atoms with Gasteiger partial charge in [0.1, 0.15) is 5.75 Å². The second-order valence-corrected chi connectivity index (χ2v) is 3.73. The smallest absolute Gasteiger partial charge is 0.328 e. The Kier molecular flexibility index (Phi) is 3.94. The number of benzene rings is 1. The van der Waals surface area contributed by atoms with Crippen molar-refractivity contribution in [2.24, 2.45) is 0 Å². The zero-order valence-electron chi connectivity index (χ0n) is 7.53. The second-order valence-electron chi connectivity index (χ2n) is 2.57. The van der Waals surface area contributed by atoms with E-state index in [1.165, 1.54) is 0 Å². The number of hydrogen-bond donors (Lipinski definition) is 1. The van der Waals surface area contributed by atoms with Crippen LogP contribution in [-0.2, 0) is 4.79 Å². The van der Waals surface area contributed by atoms with E-state index in [1.807, 2.05) is 12.1 Å². The summed E-state index contributed by atoms with van der Waals surface area (Å²) in [5.41, 5.74) is 0.845. The Morgan fingerprint density at radius 1 is 1.57 bits per heavy atom. The summed E-state index contributed by atoms with van der Waals surface area (Å²) >= 11 is 2.14. The van der Waals surface area contributed by atoms with Gasteiger partial charge in [0.2, 0.25) is 0 Å². The third kappa shape index (κ3) is 3.02. The van der Waals surface area contributed by atoms with Crippen LogP contribution in [0.2, 0.25) is 0 Å². The fourth-order valence-electron chi connectivity index (χ4n) is 0.954. The molecule has 3 nitrogen and oxygen atoms in total. The van der Waals surface area contributed by atoms with Gasteiger partial charge in [-0.1, -0.05) is 6.07 Å². The van der Waals surface area contributed by atoms with Gasteiger partial charge in [0.25, 0.3) is 0 Å². The zero-order chi connectivity index (χ0) is 10.6. The van der Waals surface area contributed by atoms with Crippen molar-refractivity contribution in [2.75, 3.05) is 7.11 Å². The predicted molar refractivity (Wildman–Crippen MR) is 62.4 cm³/mol. The van der Waals surface area contributed by atoms with Gasteiger partial charge in [0.15, 0.2) is 0 Å². The molecule has 0 fully saturated rings. The van der Waals surface area contributed by atoms with Crippen molar-refractivity contribution in [3.63, 3.8) is 0 Å². The number of hydrogen-bond acceptors (Lipinski definition) is 2. The molecule has 0 saturated heterocycles. The minimum atomic E-state index is -0.948. The van der Waals surface area contributed by atoms with E-state index in [-0.39, 0.29) is 0 Å². The van der Waals surface area contributed by atoms with Crippen molar-refractivity contribution >= 4 is 34.6 Å². The molecule has 0 aromatic heterocycles. The topological polar surface area (TPSA) is 46.5 Å². The summed E-state index contributed by atoms with van der Waals surface area (Å²) in [7, 11) is 1.60. The summed E-state index contributed by atoms with van der Waals surface area (Å²) in [5, 5.41) is 8.43. The first kappa shape index (κ1) is 11.0. The van der Waals surface area contributed by atoms with E-state index in [2.05, 4.69) is 22.6 Å². The molecule has 1 N–H and O–H groups in total. The Labute approximate surface area is 95.5 Å². The average Bonchev–Trinajstić information content (AvgIpc) is 2.15. The molecule has 1 aromatic rings. The van der Waals surface area contributed by atoms with Crippen LogP contribution in [0.4, 0.5) is 0 Å². The number of rotatable bonds is 3. The maximum atomic E-state index is 10.3. The van der Waals surface area contributed by atoms with Crippen LogP contribution in [0.5, 0.6) is 5.75 Å². The summed E-state index contributed by atoms with van der Waals surface area (Å²) in [4.78, 5) is 10.3. The fourth-order valence-corrected chi connectivity index (χ4v) is 1.71. The van der Waals surface area contributed by atoms with Gasteiger partial charge < -0.3 is 9.84 Å². The van der Waals surface area contributed by atoms with E-state index in [0.29, 0.717) is 0 Å². The van der Waals surface area contributed by atoms with Crippen molar-refractivity contribution in [2.45, 2.75) is 0 Å². The van der Waals surface area contributed by atoms with Gasteiger partial charge in [-0.25, -0.2) is 4.79 Å². The maximum Gasteiger partial charge on any atom is 0.328 e. The monoisotopic (exact) mass is 304 g/mol. The molecule has 1 rings (SSSR count). The van der Waals surface area contributed by atoms with Crippen LogP contribution in [0, 0.1) is 3.57 Å². The number of methoxy groups -OCH3 is 1. The molecule has 0 heterocycles. The lowest BCUT2D eigenvalue weighted by Crippen LogP contribution is -1.88. The Morgan fingerprint density at radius 3 is 2.79 bits per heavy atom. The van der Waals surface area contributed by atoms with Crippen LogP contribution < -0.4 is 4.74 Å². The van der Waals surface area contributed by atoms with E-state index >= 15 is 0 Å². The quantitative estimate of drug-likeness (QED) is 0.689. The fraction of sp³-hybridized carbons (Fsp3) is 0.100. The van der Waals surface area contributed by atoms with Crippen LogP contribution >= 0.6 is 22.6 Å². The molecule has 0 amide bonds. The number of carboxylic acid groups (broad SMARTS) is 1. The first-order valence-corrected chi connectivity index (χ1v) is 4.96. The number of ether oxygens (including phenoxy) is 1. The summed E-state index contributed by atoms with van der Waals surface area (Å²) in [5.74, 6) is -0.158. The predicted octanol–water partition coefficient (Wildman–Crippen LogP) is 2.40. The summed E-state index contributed by atoms with van der Waals surface area (Å²) < 4.78 is 6.03. The van der Waals surface area contributed by atoms with Gasteiger partial charge in [-0.2, -0.15) is 0 Å². The van der Waals surface area contributed by atoms with E-state index in [9.17, 15) is 4.79 Å². The molecular weight excluding hydrogens is 295 g/mol. The van der Waals surface area contributed by atoms with Crippen LogP contribution in [0.3, 0.4) is 0 Å². The van der Waals surface area contributed by atoms with Gasteiger partial charge in [-0.05, 0) is 46.4 Å². The van der Waals surface area contributed by atoms with Gasteiger partial charge >= 0.3 is 5.97 Å². The summed E-state index contributed by atoms with van der Waals surface area (Å²) in [6.45, 7) is 0. The van der Waals surface area contributed by atoms with E-state index in [4.69, 9.17) is 9.84 Å². The van der Waals surface area contributed by atoms with Crippen molar-refractivity contribution < 1.29 is 14.6 Å². The SMILES string of the molecule is COc1ccc(C=CC(=O)O)cc1I. The van der Waals surface area contributed by atoms with Crippen LogP contribution in [0.15, 0.2) is 24.3 Å². The zero-order valence-corrected chi connectivity index (χ0v) is 9.69. The lowest BCUT2D eigenvalue weighted by Gasteiger charge is -2.02. The Balaban J connectivity index is 2.91.